The predicted molar refractivity (Wildman–Crippen MR) is 66.8 cm³/mol. The molecule has 0 aliphatic heterocycles. The highest BCUT2D eigenvalue weighted by Gasteiger charge is 2.49. The molecule has 2 saturated carbocycles. The third-order valence-corrected chi connectivity index (χ3v) is 4.41. The largest absolute Gasteiger partial charge is 0.480 e. The van der Waals surface area contributed by atoms with Crippen LogP contribution in [0.4, 0.5) is 0 Å². The third-order valence-electron chi connectivity index (χ3n) is 4.41. The average molecular weight is 240 g/mol. The van der Waals surface area contributed by atoms with Crippen LogP contribution in [-0.4, -0.2) is 41.1 Å². The first kappa shape index (κ1) is 12.8. The van der Waals surface area contributed by atoms with Crippen molar-refractivity contribution in [1.82, 2.24) is 4.90 Å². The summed E-state index contributed by atoms with van der Waals surface area (Å²) in [4.78, 5) is 13.6. The fourth-order valence-electron chi connectivity index (χ4n) is 3.03. The van der Waals surface area contributed by atoms with Crippen LogP contribution in [0.2, 0.25) is 0 Å². The molecule has 0 aromatic carbocycles. The molecule has 2 rings (SSSR count). The SMILES string of the molecule is CN(CC(N)(C(=O)O)C1CC1)C1CCCCC1. The van der Waals surface area contributed by atoms with E-state index in [0.717, 1.165) is 12.8 Å². The van der Waals surface area contributed by atoms with E-state index in [4.69, 9.17) is 5.73 Å². The lowest BCUT2D eigenvalue weighted by Gasteiger charge is -2.36. The zero-order valence-electron chi connectivity index (χ0n) is 10.7. The Hall–Kier alpha value is -0.610. The second-order valence-electron chi connectivity index (χ2n) is 5.83. The number of nitrogens with two attached hydrogens (primary N) is 1. The summed E-state index contributed by atoms with van der Waals surface area (Å²) in [6.45, 7) is 0.498. The number of nitrogens with zero attached hydrogens (tertiary/aromatic N) is 1. The monoisotopic (exact) mass is 240 g/mol. The minimum Gasteiger partial charge on any atom is -0.480 e. The van der Waals surface area contributed by atoms with Gasteiger partial charge in [0.2, 0.25) is 0 Å². The van der Waals surface area contributed by atoms with Gasteiger partial charge in [-0.05, 0) is 38.6 Å². The summed E-state index contributed by atoms with van der Waals surface area (Å²) >= 11 is 0. The minimum atomic E-state index is -1.02. The van der Waals surface area contributed by atoms with Crippen LogP contribution >= 0.6 is 0 Å². The van der Waals surface area contributed by atoms with E-state index in [1.807, 2.05) is 7.05 Å². The lowest BCUT2D eigenvalue weighted by atomic mass is 9.90. The van der Waals surface area contributed by atoms with Crippen molar-refractivity contribution in [2.75, 3.05) is 13.6 Å². The summed E-state index contributed by atoms with van der Waals surface area (Å²) in [7, 11) is 2.03. The molecule has 0 spiro atoms. The van der Waals surface area contributed by atoms with Crippen LogP contribution in [-0.2, 0) is 4.79 Å². The van der Waals surface area contributed by atoms with Crippen LogP contribution in [0.25, 0.3) is 0 Å². The molecule has 17 heavy (non-hydrogen) atoms. The van der Waals surface area contributed by atoms with E-state index >= 15 is 0 Å². The molecule has 0 aromatic rings. The number of likely N-dealkylation sites (N-methyl/N-ethyl adjacent to an activating group) is 1. The minimum absolute atomic E-state index is 0.186. The lowest BCUT2D eigenvalue weighted by Crippen LogP contribution is -2.58. The molecule has 1 unspecified atom stereocenters. The number of rotatable bonds is 5. The molecule has 2 aliphatic rings. The maximum absolute atomic E-state index is 11.4. The van der Waals surface area contributed by atoms with E-state index in [-0.39, 0.29) is 5.92 Å². The van der Waals surface area contributed by atoms with Crippen molar-refractivity contribution in [2.45, 2.75) is 56.5 Å². The highest BCUT2D eigenvalue weighted by Crippen LogP contribution is 2.39. The standard InChI is InChI=1S/C13H24N2O2/c1-15(11-5-3-2-4-6-11)9-13(14,12(16)17)10-7-8-10/h10-11H,2-9,14H2,1H3,(H,16,17). The van der Waals surface area contributed by atoms with E-state index in [1.165, 1.54) is 32.1 Å². The topological polar surface area (TPSA) is 66.6 Å². The molecular weight excluding hydrogens is 216 g/mol. The van der Waals surface area contributed by atoms with Crippen LogP contribution in [0.3, 0.4) is 0 Å². The van der Waals surface area contributed by atoms with Crippen molar-refractivity contribution in [1.29, 1.82) is 0 Å². The van der Waals surface area contributed by atoms with Crippen LogP contribution in [0, 0.1) is 5.92 Å². The summed E-state index contributed by atoms with van der Waals surface area (Å²) in [5, 5.41) is 9.34. The van der Waals surface area contributed by atoms with Crippen molar-refractivity contribution in [2.24, 2.45) is 11.7 Å². The van der Waals surface area contributed by atoms with Gasteiger partial charge in [-0.15, -0.1) is 0 Å². The quantitative estimate of drug-likeness (QED) is 0.763. The van der Waals surface area contributed by atoms with E-state index in [0.29, 0.717) is 12.6 Å². The Morgan fingerprint density at radius 2 is 1.88 bits per heavy atom. The van der Waals surface area contributed by atoms with Crippen molar-refractivity contribution in [3.8, 4) is 0 Å². The highest BCUT2D eigenvalue weighted by atomic mass is 16.4. The smallest absolute Gasteiger partial charge is 0.325 e. The number of carbonyl (C=O) groups is 1. The Morgan fingerprint density at radius 1 is 1.29 bits per heavy atom. The lowest BCUT2D eigenvalue weighted by molar-refractivity contribution is -0.145. The molecular formula is C13H24N2O2. The Morgan fingerprint density at radius 3 is 2.35 bits per heavy atom. The second kappa shape index (κ2) is 4.94. The van der Waals surface area contributed by atoms with Gasteiger partial charge in [0.15, 0.2) is 0 Å². The van der Waals surface area contributed by atoms with Gasteiger partial charge in [0.25, 0.3) is 0 Å². The normalized spacial score (nSPS) is 25.8. The van der Waals surface area contributed by atoms with Crippen LogP contribution in [0.1, 0.15) is 44.9 Å². The van der Waals surface area contributed by atoms with Gasteiger partial charge in [-0.2, -0.15) is 0 Å². The van der Waals surface area contributed by atoms with E-state index in [1.54, 1.807) is 0 Å². The maximum atomic E-state index is 11.4. The third kappa shape index (κ3) is 2.80. The number of carboxylic acid groups (broad SMARTS) is 1. The molecule has 0 bridgehead atoms. The van der Waals surface area contributed by atoms with Gasteiger partial charge in [-0.25, -0.2) is 0 Å². The molecule has 98 valence electrons. The van der Waals surface area contributed by atoms with Crippen molar-refractivity contribution < 1.29 is 9.90 Å². The van der Waals surface area contributed by atoms with Crippen LogP contribution < -0.4 is 5.73 Å². The number of hydrogen-bond acceptors (Lipinski definition) is 3. The van der Waals surface area contributed by atoms with Gasteiger partial charge in [0.05, 0.1) is 0 Å². The molecule has 4 heteroatoms. The number of aliphatic carboxylic acids is 1. The summed E-state index contributed by atoms with van der Waals surface area (Å²) < 4.78 is 0. The van der Waals surface area contributed by atoms with Crippen molar-refractivity contribution in [3.63, 3.8) is 0 Å². The zero-order valence-corrected chi connectivity index (χ0v) is 10.7. The molecule has 1 atom stereocenters. The van der Waals surface area contributed by atoms with Crippen molar-refractivity contribution in [3.05, 3.63) is 0 Å². The van der Waals surface area contributed by atoms with E-state index in [9.17, 15) is 9.90 Å². The summed E-state index contributed by atoms with van der Waals surface area (Å²) in [5.41, 5.74) is 5.09. The molecule has 4 nitrogen and oxygen atoms in total. The molecule has 0 saturated heterocycles. The average Bonchev–Trinajstić information content (AvgIpc) is 3.13. The first-order valence-corrected chi connectivity index (χ1v) is 6.76. The molecule has 2 aliphatic carbocycles. The Labute approximate surface area is 103 Å². The molecule has 0 aromatic heterocycles. The summed E-state index contributed by atoms with van der Waals surface area (Å²) in [6.07, 6.45) is 8.18. The van der Waals surface area contributed by atoms with Gasteiger partial charge < -0.3 is 15.7 Å². The molecule has 0 radical (unpaired) electrons. The number of hydrogen-bond donors (Lipinski definition) is 2. The maximum Gasteiger partial charge on any atom is 0.325 e. The first-order chi connectivity index (χ1) is 8.04. The Balaban J connectivity index is 1.95. The second-order valence-corrected chi connectivity index (χ2v) is 5.83. The fourth-order valence-corrected chi connectivity index (χ4v) is 3.03. The Kier molecular flexibility index (Phi) is 3.73. The van der Waals surface area contributed by atoms with E-state index in [2.05, 4.69) is 4.90 Å². The summed E-state index contributed by atoms with van der Waals surface area (Å²) in [6, 6.07) is 0.532. The predicted octanol–water partition coefficient (Wildman–Crippen LogP) is 1.44. The van der Waals surface area contributed by atoms with Gasteiger partial charge in [-0.3, -0.25) is 4.79 Å². The van der Waals surface area contributed by atoms with Crippen LogP contribution in [0.5, 0.6) is 0 Å². The molecule has 0 amide bonds. The van der Waals surface area contributed by atoms with Crippen LogP contribution in [0.15, 0.2) is 0 Å². The highest BCUT2D eigenvalue weighted by molar-refractivity contribution is 5.79. The van der Waals surface area contributed by atoms with Gasteiger partial charge in [-0.1, -0.05) is 19.3 Å². The molecule has 3 N–H and O–H groups in total. The Bertz CT molecular complexity index is 285. The van der Waals surface area contributed by atoms with Gasteiger partial charge in [0.1, 0.15) is 5.54 Å². The number of carboxylic acids is 1. The molecule has 0 heterocycles. The van der Waals surface area contributed by atoms with Gasteiger partial charge >= 0.3 is 5.97 Å². The fraction of sp³-hybridized carbons (Fsp3) is 0.923. The zero-order chi connectivity index (χ0) is 12.5. The first-order valence-electron chi connectivity index (χ1n) is 6.76. The van der Waals surface area contributed by atoms with E-state index < -0.39 is 11.5 Å². The molecule has 2 fully saturated rings. The summed E-state index contributed by atoms with van der Waals surface area (Å²) in [5.74, 6) is -0.645. The van der Waals surface area contributed by atoms with Gasteiger partial charge in [0, 0.05) is 12.6 Å². The van der Waals surface area contributed by atoms with Crippen molar-refractivity contribution >= 4 is 5.97 Å².